The number of carbonyl (C=O) groups excluding carboxylic acids is 1. The number of nitro groups is 1. The molecule has 0 saturated carbocycles. The number of nitro benzene ring substituents is 1. The monoisotopic (exact) mass is 377 g/mol. The molecule has 3 heterocycles. The predicted molar refractivity (Wildman–Crippen MR) is 97.6 cm³/mol. The highest BCUT2D eigenvalue weighted by Gasteiger charge is 2.40. The third-order valence-electron chi connectivity index (χ3n) is 5.20. The Morgan fingerprint density at radius 3 is 2.93 bits per heavy atom. The first-order valence-corrected chi connectivity index (χ1v) is 8.82. The van der Waals surface area contributed by atoms with Crippen LogP contribution in [0.3, 0.4) is 0 Å². The van der Waals surface area contributed by atoms with Crippen molar-refractivity contribution in [2.45, 2.75) is 24.8 Å². The van der Waals surface area contributed by atoms with Crippen molar-refractivity contribution in [1.82, 2.24) is 14.8 Å². The van der Waals surface area contributed by atoms with E-state index < -0.39 is 11.0 Å². The molecule has 0 radical (unpaired) electrons. The zero-order valence-electron chi connectivity index (χ0n) is 14.6. The topological polar surface area (TPSA) is 116 Å². The first-order chi connectivity index (χ1) is 13.6. The van der Waals surface area contributed by atoms with Crippen molar-refractivity contribution in [3.8, 4) is 0 Å². The van der Waals surface area contributed by atoms with Crippen LogP contribution in [0.2, 0.25) is 0 Å². The van der Waals surface area contributed by atoms with E-state index >= 15 is 0 Å². The summed E-state index contributed by atoms with van der Waals surface area (Å²) in [5.41, 5.74) is 1.92. The number of fused-ring (bicyclic) bond motifs is 1. The molecule has 0 saturated heterocycles. The molecule has 0 unspecified atom stereocenters. The van der Waals surface area contributed by atoms with E-state index in [9.17, 15) is 14.9 Å². The lowest BCUT2D eigenvalue weighted by Crippen LogP contribution is -2.33. The number of nitrogens with zero attached hydrogens (tertiary/aromatic N) is 4. The molecule has 0 amide bonds. The fraction of sp³-hybridized carbons (Fsp3) is 0.211. The van der Waals surface area contributed by atoms with Gasteiger partial charge in [-0.1, -0.05) is 12.1 Å². The maximum atomic E-state index is 13.1. The van der Waals surface area contributed by atoms with Crippen molar-refractivity contribution in [3.63, 3.8) is 0 Å². The summed E-state index contributed by atoms with van der Waals surface area (Å²) >= 11 is 0. The Bertz CT molecular complexity index is 1120. The number of Topliss-reactive ketones (excluding diaryl/α,β-unsaturated/α-hetero) is 1. The number of furan rings is 1. The molecule has 1 aliphatic heterocycles. The number of hydrogen-bond acceptors (Lipinski definition) is 7. The summed E-state index contributed by atoms with van der Waals surface area (Å²) in [6.45, 7) is 0. The van der Waals surface area contributed by atoms with E-state index in [1.165, 1.54) is 18.5 Å². The van der Waals surface area contributed by atoms with Gasteiger partial charge >= 0.3 is 0 Å². The van der Waals surface area contributed by atoms with Crippen LogP contribution in [0.5, 0.6) is 0 Å². The SMILES string of the molecule is O=C1C[C@@H](c2ccco2)CC2=C1[C@H](c1cccc([N+](=O)[O-])c1)n1ncnc1N2. The number of anilines is 1. The molecule has 140 valence electrons. The van der Waals surface area contributed by atoms with Gasteiger partial charge in [0.15, 0.2) is 5.78 Å². The molecule has 9 heteroatoms. The Hall–Kier alpha value is -3.75. The molecule has 2 aromatic heterocycles. The first kappa shape index (κ1) is 16.4. The van der Waals surface area contributed by atoms with Crippen LogP contribution in [0.25, 0.3) is 0 Å². The van der Waals surface area contributed by atoms with Gasteiger partial charge in [0.25, 0.3) is 5.69 Å². The van der Waals surface area contributed by atoms with E-state index in [0.29, 0.717) is 29.9 Å². The molecule has 0 spiro atoms. The Kier molecular flexibility index (Phi) is 3.61. The second-order valence-corrected chi connectivity index (χ2v) is 6.84. The lowest BCUT2D eigenvalue weighted by molar-refractivity contribution is -0.384. The highest BCUT2D eigenvalue weighted by Crippen LogP contribution is 2.44. The van der Waals surface area contributed by atoms with Gasteiger partial charge in [-0.2, -0.15) is 10.1 Å². The molecule has 0 bridgehead atoms. The van der Waals surface area contributed by atoms with Crippen LogP contribution in [0.15, 0.2) is 64.7 Å². The highest BCUT2D eigenvalue weighted by atomic mass is 16.6. The molecule has 1 aromatic carbocycles. The fourth-order valence-electron chi connectivity index (χ4n) is 3.99. The van der Waals surface area contributed by atoms with Crippen molar-refractivity contribution in [3.05, 3.63) is 81.7 Å². The van der Waals surface area contributed by atoms with Crippen LogP contribution in [-0.2, 0) is 4.79 Å². The smallest absolute Gasteiger partial charge is 0.269 e. The predicted octanol–water partition coefficient (Wildman–Crippen LogP) is 3.20. The lowest BCUT2D eigenvalue weighted by atomic mass is 9.79. The van der Waals surface area contributed by atoms with Crippen LogP contribution in [0, 0.1) is 10.1 Å². The second-order valence-electron chi connectivity index (χ2n) is 6.84. The molecular formula is C19H15N5O4. The molecule has 0 fully saturated rings. The minimum atomic E-state index is -0.557. The van der Waals surface area contributed by atoms with Crippen LogP contribution in [-0.4, -0.2) is 25.5 Å². The number of non-ortho nitro benzene ring substituents is 1. The Morgan fingerprint density at radius 1 is 1.25 bits per heavy atom. The molecule has 5 rings (SSSR count). The second kappa shape index (κ2) is 6.15. The van der Waals surface area contributed by atoms with E-state index in [1.54, 1.807) is 29.1 Å². The van der Waals surface area contributed by atoms with Gasteiger partial charge in [-0.3, -0.25) is 14.9 Å². The fourth-order valence-corrected chi connectivity index (χ4v) is 3.99. The third-order valence-corrected chi connectivity index (χ3v) is 5.20. The van der Waals surface area contributed by atoms with Gasteiger partial charge in [-0.25, -0.2) is 4.68 Å². The number of aromatic nitrogens is 3. The third kappa shape index (κ3) is 2.51. The minimum absolute atomic E-state index is 0.0310. The number of rotatable bonds is 3. The summed E-state index contributed by atoms with van der Waals surface area (Å²) in [7, 11) is 0. The zero-order valence-corrected chi connectivity index (χ0v) is 14.6. The zero-order chi connectivity index (χ0) is 19.3. The van der Waals surface area contributed by atoms with Crippen molar-refractivity contribution < 1.29 is 14.1 Å². The quantitative estimate of drug-likeness (QED) is 0.550. The minimum Gasteiger partial charge on any atom is -0.469 e. The van der Waals surface area contributed by atoms with E-state index in [0.717, 1.165) is 11.5 Å². The van der Waals surface area contributed by atoms with E-state index in [1.807, 2.05) is 6.07 Å². The number of ketones is 1. The summed E-state index contributed by atoms with van der Waals surface area (Å²) in [6.07, 6.45) is 3.90. The largest absolute Gasteiger partial charge is 0.469 e. The summed E-state index contributed by atoms with van der Waals surface area (Å²) in [5, 5.41) is 18.7. The van der Waals surface area contributed by atoms with Gasteiger partial charge in [-0.15, -0.1) is 0 Å². The molecule has 1 aliphatic carbocycles. The first-order valence-electron chi connectivity index (χ1n) is 8.82. The maximum Gasteiger partial charge on any atom is 0.269 e. The van der Waals surface area contributed by atoms with Crippen LogP contribution >= 0.6 is 0 Å². The number of nitrogens with one attached hydrogen (secondary N) is 1. The number of carbonyl (C=O) groups is 1. The van der Waals surface area contributed by atoms with Crippen molar-refractivity contribution >= 4 is 17.4 Å². The van der Waals surface area contributed by atoms with E-state index in [2.05, 4.69) is 15.4 Å². The molecule has 2 aliphatic rings. The Morgan fingerprint density at radius 2 is 2.14 bits per heavy atom. The summed E-state index contributed by atoms with van der Waals surface area (Å²) in [6, 6.07) is 9.41. The van der Waals surface area contributed by atoms with Gasteiger partial charge < -0.3 is 9.73 Å². The average molecular weight is 377 g/mol. The van der Waals surface area contributed by atoms with Crippen LogP contribution < -0.4 is 5.32 Å². The summed E-state index contributed by atoms with van der Waals surface area (Å²) in [5.74, 6) is 1.17. The molecule has 1 N–H and O–H groups in total. The summed E-state index contributed by atoms with van der Waals surface area (Å²) in [4.78, 5) is 28.1. The van der Waals surface area contributed by atoms with E-state index in [4.69, 9.17) is 4.42 Å². The standard InChI is InChI=1S/C19H15N5O4/c25-15-9-12(16-5-2-6-28-16)8-14-17(15)18(23-19(22-14)20-10-21-23)11-3-1-4-13(7-11)24(26)27/h1-7,10,12,18H,8-9H2,(H,20,21,22)/t12-,18-/m0/s1. The van der Waals surface area contributed by atoms with Gasteiger partial charge in [0.1, 0.15) is 18.1 Å². The van der Waals surface area contributed by atoms with Gasteiger partial charge in [0.2, 0.25) is 5.95 Å². The van der Waals surface area contributed by atoms with Gasteiger partial charge in [-0.05, 0) is 24.1 Å². The summed E-state index contributed by atoms with van der Waals surface area (Å²) < 4.78 is 7.10. The molecule has 9 nitrogen and oxygen atoms in total. The van der Waals surface area contributed by atoms with E-state index in [-0.39, 0.29) is 17.4 Å². The van der Waals surface area contributed by atoms with Crippen LogP contribution in [0.1, 0.15) is 36.1 Å². The molecule has 3 aromatic rings. The van der Waals surface area contributed by atoms with Crippen molar-refractivity contribution in [2.24, 2.45) is 0 Å². The normalized spacial score (nSPS) is 21.1. The lowest BCUT2D eigenvalue weighted by Gasteiger charge is -2.34. The Labute approximate surface area is 158 Å². The molecule has 2 atom stereocenters. The van der Waals surface area contributed by atoms with Crippen molar-refractivity contribution in [1.29, 1.82) is 0 Å². The number of hydrogen-bond donors (Lipinski definition) is 1. The number of benzene rings is 1. The molecule has 28 heavy (non-hydrogen) atoms. The van der Waals surface area contributed by atoms with Crippen LogP contribution in [0.4, 0.5) is 11.6 Å². The number of allylic oxidation sites excluding steroid dienone is 2. The van der Waals surface area contributed by atoms with Gasteiger partial charge in [0.05, 0.1) is 11.2 Å². The molecular weight excluding hydrogens is 362 g/mol. The van der Waals surface area contributed by atoms with Gasteiger partial charge in [0, 0.05) is 35.7 Å². The maximum absolute atomic E-state index is 13.1. The highest BCUT2D eigenvalue weighted by molar-refractivity contribution is 6.00. The van der Waals surface area contributed by atoms with Crippen molar-refractivity contribution in [2.75, 3.05) is 5.32 Å². The Balaban J connectivity index is 1.63. The average Bonchev–Trinajstić information content (AvgIpc) is 3.38.